The van der Waals surface area contributed by atoms with Gasteiger partial charge in [-0.25, -0.2) is 0 Å². The molecule has 6 nitrogen and oxygen atoms in total. The van der Waals surface area contributed by atoms with E-state index in [0.717, 1.165) is 16.5 Å². The van der Waals surface area contributed by atoms with Crippen molar-refractivity contribution in [2.45, 2.75) is 11.7 Å². The van der Waals surface area contributed by atoms with Crippen LogP contribution in [0.4, 0.5) is 5.69 Å². The number of halogens is 2. The van der Waals surface area contributed by atoms with Crippen LogP contribution in [0.25, 0.3) is 10.7 Å². The smallest absolute Gasteiger partial charge is 0.234 e. The monoisotopic (exact) mass is 464 g/mol. The minimum atomic E-state index is -0.204. The molecule has 4 rings (SSSR count). The van der Waals surface area contributed by atoms with Gasteiger partial charge in [0.1, 0.15) is 5.76 Å². The lowest BCUT2D eigenvalue weighted by molar-refractivity contribution is -0.113. The quantitative estimate of drug-likeness (QED) is 0.355. The molecule has 29 heavy (non-hydrogen) atoms. The van der Waals surface area contributed by atoms with Gasteiger partial charge < -0.3 is 9.73 Å². The van der Waals surface area contributed by atoms with E-state index in [0.29, 0.717) is 27.4 Å². The fourth-order valence-corrected chi connectivity index (χ4v) is 4.50. The number of thiophene rings is 1. The molecule has 0 aliphatic heterocycles. The summed E-state index contributed by atoms with van der Waals surface area (Å²) < 4.78 is 7.42. The van der Waals surface area contributed by atoms with Crippen molar-refractivity contribution in [1.82, 2.24) is 14.8 Å². The summed E-state index contributed by atoms with van der Waals surface area (Å²) in [5, 5.41) is 14.9. The zero-order chi connectivity index (χ0) is 20.2. The number of benzene rings is 1. The lowest BCUT2D eigenvalue weighted by Crippen LogP contribution is -2.15. The van der Waals surface area contributed by atoms with Gasteiger partial charge in [-0.15, -0.1) is 21.5 Å². The highest BCUT2D eigenvalue weighted by atomic mass is 35.5. The number of thioether (sulfide) groups is 1. The van der Waals surface area contributed by atoms with Crippen LogP contribution in [0, 0.1) is 0 Å². The number of rotatable bonds is 7. The van der Waals surface area contributed by atoms with Crippen molar-refractivity contribution in [3.63, 3.8) is 0 Å². The predicted molar refractivity (Wildman–Crippen MR) is 117 cm³/mol. The van der Waals surface area contributed by atoms with Crippen molar-refractivity contribution in [1.29, 1.82) is 0 Å². The van der Waals surface area contributed by atoms with E-state index in [2.05, 4.69) is 15.5 Å². The maximum absolute atomic E-state index is 12.4. The summed E-state index contributed by atoms with van der Waals surface area (Å²) in [4.78, 5) is 13.4. The average molecular weight is 465 g/mol. The van der Waals surface area contributed by atoms with Gasteiger partial charge in [-0.3, -0.25) is 9.36 Å². The van der Waals surface area contributed by atoms with E-state index >= 15 is 0 Å². The van der Waals surface area contributed by atoms with Crippen LogP contribution >= 0.6 is 46.3 Å². The summed E-state index contributed by atoms with van der Waals surface area (Å²) in [6.45, 7) is 0.472. The second kappa shape index (κ2) is 9.04. The Balaban J connectivity index is 1.50. The van der Waals surface area contributed by atoms with Gasteiger partial charge in [0.05, 0.1) is 34.1 Å². The first kappa shape index (κ1) is 20.0. The Kier molecular flexibility index (Phi) is 6.25. The van der Waals surface area contributed by atoms with Crippen LogP contribution in [0.2, 0.25) is 10.0 Å². The predicted octanol–water partition coefficient (Wildman–Crippen LogP) is 5.69. The lowest BCUT2D eigenvalue weighted by atomic mass is 10.3. The van der Waals surface area contributed by atoms with Gasteiger partial charge >= 0.3 is 0 Å². The number of hydrogen-bond donors (Lipinski definition) is 1. The number of anilines is 1. The first-order valence-corrected chi connectivity index (χ1v) is 11.1. The van der Waals surface area contributed by atoms with E-state index in [1.165, 1.54) is 11.8 Å². The maximum atomic E-state index is 12.4. The Morgan fingerprint density at radius 1 is 1.21 bits per heavy atom. The topological polar surface area (TPSA) is 73.0 Å². The number of furan rings is 1. The van der Waals surface area contributed by atoms with Crippen molar-refractivity contribution in [3.8, 4) is 10.7 Å². The number of amides is 1. The fourth-order valence-electron chi connectivity index (χ4n) is 2.59. The van der Waals surface area contributed by atoms with Crippen LogP contribution in [-0.4, -0.2) is 26.4 Å². The number of nitrogens with zero attached hydrogens (tertiary/aromatic N) is 3. The maximum Gasteiger partial charge on any atom is 0.234 e. The average Bonchev–Trinajstić information content (AvgIpc) is 3.45. The molecular weight excluding hydrogens is 451 g/mol. The molecule has 3 aromatic heterocycles. The van der Waals surface area contributed by atoms with Crippen LogP contribution in [0.3, 0.4) is 0 Å². The molecule has 0 radical (unpaired) electrons. The van der Waals surface area contributed by atoms with E-state index in [9.17, 15) is 4.79 Å². The fraction of sp³-hybridized carbons (Fsp3) is 0.105. The molecule has 0 unspecified atom stereocenters. The third kappa shape index (κ3) is 4.84. The Bertz CT molecular complexity index is 1110. The largest absolute Gasteiger partial charge is 0.467 e. The molecule has 3 heterocycles. The molecule has 0 atom stereocenters. The van der Waals surface area contributed by atoms with Gasteiger partial charge in [-0.1, -0.05) is 41.0 Å². The van der Waals surface area contributed by atoms with Crippen molar-refractivity contribution in [2.75, 3.05) is 11.1 Å². The van der Waals surface area contributed by atoms with Crippen LogP contribution in [0.15, 0.2) is 63.7 Å². The van der Waals surface area contributed by atoms with Gasteiger partial charge in [-0.05, 0) is 41.8 Å². The molecule has 0 aliphatic carbocycles. The molecule has 1 aromatic carbocycles. The molecule has 4 aromatic rings. The summed E-state index contributed by atoms with van der Waals surface area (Å²) in [6.07, 6.45) is 1.63. The van der Waals surface area contributed by atoms with E-state index in [1.807, 2.05) is 34.2 Å². The molecular formula is C19H14Cl2N4O2S2. The Morgan fingerprint density at radius 2 is 2.10 bits per heavy atom. The number of aromatic nitrogens is 3. The normalized spacial score (nSPS) is 11.0. The Labute approximate surface area is 184 Å². The molecule has 10 heteroatoms. The molecule has 1 amide bonds. The standard InChI is InChI=1S/C19H14Cl2N4O2S2/c20-12-5-6-15(14(21)9-12)22-17(26)11-29-19-24-23-18(16-4-2-8-28-16)25(19)10-13-3-1-7-27-13/h1-9H,10-11H2,(H,22,26). The second-order valence-electron chi connectivity index (χ2n) is 5.91. The second-order valence-corrected chi connectivity index (χ2v) is 8.64. The van der Waals surface area contributed by atoms with E-state index in [4.69, 9.17) is 27.6 Å². The molecule has 0 saturated heterocycles. The zero-order valence-corrected chi connectivity index (χ0v) is 18.0. The van der Waals surface area contributed by atoms with Crippen LogP contribution in [0.1, 0.15) is 5.76 Å². The molecule has 0 aliphatic rings. The highest BCUT2D eigenvalue weighted by Gasteiger charge is 2.18. The van der Waals surface area contributed by atoms with Crippen molar-refractivity contribution in [2.24, 2.45) is 0 Å². The van der Waals surface area contributed by atoms with E-state index < -0.39 is 0 Å². The molecule has 0 bridgehead atoms. The third-order valence-corrected chi connectivity index (χ3v) is 6.27. The lowest BCUT2D eigenvalue weighted by Gasteiger charge is -2.09. The summed E-state index contributed by atoms with van der Waals surface area (Å²) in [6, 6.07) is 12.6. The molecule has 148 valence electrons. The Hall–Kier alpha value is -2.26. The Morgan fingerprint density at radius 3 is 2.83 bits per heavy atom. The van der Waals surface area contributed by atoms with Gasteiger partial charge in [-0.2, -0.15) is 0 Å². The minimum absolute atomic E-state index is 0.152. The SMILES string of the molecule is O=C(CSc1nnc(-c2cccs2)n1Cc1ccco1)Nc1ccc(Cl)cc1Cl. The number of carbonyl (C=O) groups excluding carboxylic acids is 1. The zero-order valence-electron chi connectivity index (χ0n) is 14.8. The molecule has 0 fully saturated rings. The number of hydrogen-bond acceptors (Lipinski definition) is 6. The van der Waals surface area contributed by atoms with Crippen molar-refractivity contribution in [3.05, 3.63) is 69.9 Å². The number of nitrogens with one attached hydrogen (secondary N) is 1. The number of carbonyl (C=O) groups is 1. The van der Waals surface area contributed by atoms with E-state index in [-0.39, 0.29) is 11.7 Å². The first-order valence-electron chi connectivity index (χ1n) is 8.47. The first-order chi connectivity index (χ1) is 14.1. The van der Waals surface area contributed by atoms with Gasteiger partial charge in [0.25, 0.3) is 0 Å². The summed E-state index contributed by atoms with van der Waals surface area (Å²) >= 11 is 14.9. The van der Waals surface area contributed by atoms with Gasteiger partial charge in [0.2, 0.25) is 5.91 Å². The van der Waals surface area contributed by atoms with Gasteiger partial charge in [0, 0.05) is 5.02 Å². The van der Waals surface area contributed by atoms with E-state index in [1.54, 1.807) is 35.8 Å². The van der Waals surface area contributed by atoms with Crippen LogP contribution in [0.5, 0.6) is 0 Å². The highest BCUT2D eigenvalue weighted by molar-refractivity contribution is 7.99. The molecule has 0 saturated carbocycles. The minimum Gasteiger partial charge on any atom is -0.467 e. The summed E-state index contributed by atoms with van der Waals surface area (Å²) in [5.41, 5.74) is 0.512. The summed E-state index contributed by atoms with van der Waals surface area (Å²) in [5.74, 6) is 1.46. The highest BCUT2D eigenvalue weighted by Crippen LogP contribution is 2.29. The van der Waals surface area contributed by atoms with Crippen LogP contribution in [-0.2, 0) is 11.3 Å². The molecule has 1 N–H and O–H groups in total. The molecule has 0 spiro atoms. The van der Waals surface area contributed by atoms with Crippen molar-refractivity contribution >= 4 is 57.9 Å². The third-order valence-electron chi connectivity index (χ3n) is 3.89. The van der Waals surface area contributed by atoms with Crippen LogP contribution < -0.4 is 5.32 Å². The summed E-state index contributed by atoms with van der Waals surface area (Å²) in [7, 11) is 0. The van der Waals surface area contributed by atoms with Crippen molar-refractivity contribution < 1.29 is 9.21 Å². The van der Waals surface area contributed by atoms with Gasteiger partial charge in [0.15, 0.2) is 11.0 Å².